The average molecular weight is 321 g/mol. The highest BCUT2D eigenvalue weighted by molar-refractivity contribution is 9.10. The molecular weight excluding hydrogens is 312 g/mol. The fraction of sp³-hybridized carbons (Fsp3) is 0.0833. The number of imidazole rings is 1. The van der Waals surface area contributed by atoms with Crippen molar-refractivity contribution >= 4 is 27.5 Å². The summed E-state index contributed by atoms with van der Waals surface area (Å²) in [5.74, 6) is -1.05. The van der Waals surface area contributed by atoms with Crippen molar-refractivity contribution in [1.82, 2.24) is 19.2 Å². The Kier molecular flexibility index (Phi) is 2.63. The van der Waals surface area contributed by atoms with Gasteiger partial charge in [-0.2, -0.15) is 5.10 Å². The number of hydrogen-bond acceptors (Lipinski definition) is 3. The lowest BCUT2D eigenvalue weighted by molar-refractivity contribution is 0.0689. The molecule has 0 radical (unpaired) electrons. The zero-order valence-electron chi connectivity index (χ0n) is 9.91. The molecule has 96 valence electrons. The van der Waals surface area contributed by atoms with Gasteiger partial charge in [0.2, 0.25) is 0 Å². The zero-order valence-corrected chi connectivity index (χ0v) is 11.5. The molecule has 0 amide bonds. The highest BCUT2D eigenvalue weighted by atomic mass is 79.9. The fourth-order valence-electron chi connectivity index (χ4n) is 1.90. The van der Waals surface area contributed by atoms with E-state index in [0.717, 1.165) is 10.1 Å². The number of aromatic carboxylic acids is 1. The van der Waals surface area contributed by atoms with Crippen LogP contribution in [0, 0.1) is 0 Å². The number of carboxylic acids is 1. The monoisotopic (exact) mass is 320 g/mol. The first-order valence-electron chi connectivity index (χ1n) is 5.46. The minimum Gasteiger partial charge on any atom is -0.476 e. The number of carboxylic acid groups (broad SMARTS) is 1. The summed E-state index contributed by atoms with van der Waals surface area (Å²) < 4.78 is 4.33. The fourth-order valence-corrected chi connectivity index (χ4v) is 2.25. The molecule has 3 rings (SSSR count). The largest absolute Gasteiger partial charge is 0.476 e. The SMILES string of the molecule is Cn1nc(C(=O)O)cc1-c1cn2cc(Br)ccc2n1. The van der Waals surface area contributed by atoms with Gasteiger partial charge in [-0.3, -0.25) is 4.68 Å². The molecule has 0 aliphatic heterocycles. The van der Waals surface area contributed by atoms with E-state index < -0.39 is 5.97 Å². The molecule has 0 unspecified atom stereocenters. The van der Waals surface area contributed by atoms with E-state index in [1.807, 2.05) is 28.9 Å². The smallest absolute Gasteiger partial charge is 0.356 e. The number of nitrogens with zero attached hydrogens (tertiary/aromatic N) is 4. The van der Waals surface area contributed by atoms with Crippen molar-refractivity contribution in [3.8, 4) is 11.4 Å². The number of fused-ring (bicyclic) bond motifs is 1. The van der Waals surface area contributed by atoms with Gasteiger partial charge in [-0.15, -0.1) is 0 Å². The van der Waals surface area contributed by atoms with E-state index >= 15 is 0 Å². The zero-order chi connectivity index (χ0) is 13.6. The molecule has 0 aromatic carbocycles. The van der Waals surface area contributed by atoms with Gasteiger partial charge in [0.25, 0.3) is 0 Å². The molecule has 0 aliphatic rings. The predicted octanol–water partition coefficient (Wildman–Crippen LogP) is 2.20. The van der Waals surface area contributed by atoms with Crippen LogP contribution < -0.4 is 0 Å². The molecule has 7 heteroatoms. The van der Waals surface area contributed by atoms with Crippen LogP contribution in [0.2, 0.25) is 0 Å². The second-order valence-electron chi connectivity index (χ2n) is 4.08. The highest BCUT2D eigenvalue weighted by Crippen LogP contribution is 2.21. The van der Waals surface area contributed by atoms with Gasteiger partial charge in [0, 0.05) is 30.0 Å². The predicted molar refractivity (Wildman–Crippen MR) is 72.1 cm³/mol. The van der Waals surface area contributed by atoms with Crippen LogP contribution in [0.5, 0.6) is 0 Å². The van der Waals surface area contributed by atoms with E-state index in [2.05, 4.69) is 26.0 Å². The first kappa shape index (κ1) is 11.9. The summed E-state index contributed by atoms with van der Waals surface area (Å²) in [6, 6.07) is 5.29. The molecule has 0 saturated heterocycles. The molecule has 3 heterocycles. The van der Waals surface area contributed by atoms with Crippen LogP contribution in [0.15, 0.2) is 35.1 Å². The Balaban J connectivity index is 2.16. The molecule has 6 nitrogen and oxygen atoms in total. The molecule has 0 atom stereocenters. The van der Waals surface area contributed by atoms with Crippen LogP contribution in [-0.4, -0.2) is 30.2 Å². The van der Waals surface area contributed by atoms with Crippen molar-refractivity contribution in [3.63, 3.8) is 0 Å². The third-order valence-electron chi connectivity index (χ3n) is 2.78. The van der Waals surface area contributed by atoms with Crippen LogP contribution in [0.4, 0.5) is 0 Å². The number of hydrogen-bond donors (Lipinski definition) is 1. The van der Waals surface area contributed by atoms with E-state index in [-0.39, 0.29) is 5.69 Å². The number of rotatable bonds is 2. The van der Waals surface area contributed by atoms with E-state index in [4.69, 9.17) is 5.11 Å². The molecule has 1 N–H and O–H groups in total. The van der Waals surface area contributed by atoms with Gasteiger partial charge in [-0.25, -0.2) is 9.78 Å². The van der Waals surface area contributed by atoms with Gasteiger partial charge in [-0.05, 0) is 28.1 Å². The molecule has 0 saturated carbocycles. The molecule has 3 aromatic heterocycles. The second-order valence-corrected chi connectivity index (χ2v) is 5.00. The second kappa shape index (κ2) is 4.20. The van der Waals surface area contributed by atoms with Crippen LogP contribution in [0.1, 0.15) is 10.5 Å². The highest BCUT2D eigenvalue weighted by Gasteiger charge is 2.14. The molecular formula is C12H9BrN4O2. The van der Waals surface area contributed by atoms with Crippen molar-refractivity contribution in [2.24, 2.45) is 7.05 Å². The number of aryl methyl sites for hydroxylation is 1. The maximum atomic E-state index is 10.9. The van der Waals surface area contributed by atoms with Gasteiger partial charge < -0.3 is 9.51 Å². The average Bonchev–Trinajstić information content (AvgIpc) is 2.91. The first-order valence-corrected chi connectivity index (χ1v) is 6.26. The maximum Gasteiger partial charge on any atom is 0.356 e. The molecule has 0 spiro atoms. The summed E-state index contributed by atoms with van der Waals surface area (Å²) in [5, 5.41) is 12.9. The van der Waals surface area contributed by atoms with E-state index in [1.54, 1.807) is 7.05 Å². The molecule has 3 aromatic rings. The summed E-state index contributed by atoms with van der Waals surface area (Å²) in [5.41, 5.74) is 2.14. The summed E-state index contributed by atoms with van der Waals surface area (Å²) in [6.07, 6.45) is 3.73. The minimum absolute atomic E-state index is 0.00994. The van der Waals surface area contributed by atoms with E-state index in [9.17, 15) is 4.79 Å². The van der Waals surface area contributed by atoms with Crippen LogP contribution in [0.25, 0.3) is 17.0 Å². The topological polar surface area (TPSA) is 72.4 Å². The standard InChI is InChI=1S/C12H9BrN4O2/c1-16-10(4-8(15-16)12(18)19)9-6-17-5-7(13)2-3-11(17)14-9/h2-6H,1H3,(H,18,19). The lowest BCUT2D eigenvalue weighted by atomic mass is 10.3. The Bertz CT molecular complexity index is 790. The first-order chi connectivity index (χ1) is 9.04. The Morgan fingerprint density at radius 1 is 1.37 bits per heavy atom. The third kappa shape index (κ3) is 2.01. The number of pyridine rings is 1. The molecule has 0 fully saturated rings. The Morgan fingerprint density at radius 2 is 2.16 bits per heavy atom. The van der Waals surface area contributed by atoms with Gasteiger partial charge in [-0.1, -0.05) is 0 Å². The van der Waals surface area contributed by atoms with Crippen LogP contribution in [0.3, 0.4) is 0 Å². The van der Waals surface area contributed by atoms with Crippen molar-refractivity contribution in [2.45, 2.75) is 0 Å². The van der Waals surface area contributed by atoms with Gasteiger partial charge in [0.15, 0.2) is 5.69 Å². The van der Waals surface area contributed by atoms with Gasteiger partial charge in [0.05, 0.1) is 5.69 Å². The quantitative estimate of drug-likeness (QED) is 0.785. The maximum absolute atomic E-state index is 10.9. The summed E-state index contributed by atoms with van der Waals surface area (Å²) in [4.78, 5) is 15.4. The Labute approximate surface area is 116 Å². The van der Waals surface area contributed by atoms with Gasteiger partial charge >= 0.3 is 5.97 Å². The van der Waals surface area contributed by atoms with Crippen molar-refractivity contribution in [1.29, 1.82) is 0 Å². The van der Waals surface area contributed by atoms with Crippen LogP contribution in [-0.2, 0) is 7.05 Å². The minimum atomic E-state index is -1.05. The lowest BCUT2D eigenvalue weighted by Crippen LogP contribution is -1.99. The number of carbonyl (C=O) groups is 1. The Hall–Kier alpha value is -2.15. The van der Waals surface area contributed by atoms with Crippen LogP contribution >= 0.6 is 15.9 Å². The van der Waals surface area contributed by atoms with Crippen molar-refractivity contribution in [2.75, 3.05) is 0 Å². The number of halogens is 1. The molecule has 0 aliphatic carbocycles. The third-order valence-corrected chi connectivity index (χ3v) is 3.25. The molecule has 19 heavy (non-hydrogen) atoms. The Morgan fingerprint density at radius 3 is 2.84 bits per heavy atom. The normalized spacial score (nSPS) is 11.1. The van der Waals surface area contributed by atoms with E-state index in [0.29, 0.717) is 11.4 Å². The summed E-state index contributed by atoms with van der Waals surface area (Å²) in [6.45, 7) is 0. The summed E-state index contributed by atoms with van der Waals surface area (Å²) in [7, 11) is 1.70. The van der Waals surface area contributed by atoms with Gasteiger partial charge in [0.1, 0.15) is 11.3 Å². The molecule has 0 bridgehead atoms. The summed E-state index contributed by atoms with van der Waals surface area (Å²) >= 11 is 3.39. The van der Waals surface area contributed by atoms with Crippen molar-refractivity contribution < 1.29 is 9.90 Å². The van der Waals surface area contributed by atoms with E-state index in [1.165, 1.54) is 10.7 Å². The van der Waals surface area contributed by atoms with Crippen molar-refractivity contribution in [3.05, 3.63) is 40.8 Å². The lowest BCUT2D eigenvalue weighted by Gasteiger charge is -1.94. The number of aromatic nitrogens is 4.